The van der Waals surface area contributed by atoms with Crippen LogP contribution in [0, 0.1) is 11.6 Å². The Labute approximate surface area is 156 Å². The van der Waals surface area contributed by atoms with E-state index in [1.165, 1.54) is 0 Å². The van der Waals surface area contributed by atoms with Gasteiger partial charge < -0.3 is 10.1 Å². The van der Waals surface area contributed by atoms with Crippen molar-refractivity contribution in [3.8, 4) is 5.75 Å². The second-order valence-corrected chi connectivity index (χ2v) is 7.63. The maximum Gasteiger partial charge on any atom is 0.241 e. The Balaban J connectivity index is 2.06. The molecule has 0 atom stereocenters. The van der Waals surface area contributed by atoms with E-state index in [4.69, 9.17) is 4.74 Å². The van der Waals surface area contributed by atoms with Crippen molar-refractivity contribution < 1.29 is 26.7 Å². The number of carbonyl (C=O) groups excluding carboxylic acids is 1. The average Bonchev–Trinajstić information content (AvgIpc) is 2.59. The number of anilines is 1. The molecule has 0 aliphatic carbocycles. The van der Waals surface area contributed by atoms with Gasteiger partial charge in [0.25, 0.3) is 0 Å². The van der Waals surface area contributed by atoms with Gasteiger partial charge >= 0.3 is 0 Å². The lowest BCUT2D eigenvalue weighted by atomic mass is 10.2. The number of halogens is 2. The van der Waals surface area contributed by atoms with Crippen LogP contribution in [0.25, 0.3) is 0 Å². The molecule has 0 fully saturated rings. The summed E-state index contributed by atoms with van der Waals surface area (Å²) in [6.07, 6.45) is 0.843. The van der Waals surface area contributed by atoms with Crippen LogP contribution in [-0.2, 0) is 21.4 Å². The highest BCUT2D eigenvalue weighted by Crippen LogP contribution is 2.22. The normalized spacial score (nSPS) is 11.1. The fourth-order valence-electron chi connectivity index (χ4n) is 2.32. The topological polar surface area (TPSA) is 75.7 Å². The number of nitrogens with one attached hydrogen (secondary N) is 1. The SMILES string of the molecule is CCOc1ccc(CNC(=O)CN(c2ccc(F)cc2F)S(C)(=O)=O)cc1. The molecule has 0 aliphatic heterocycles. The maximum atomic E-state index is 13.9. The van der Waals surface area contributed by atoms with Crippen LogP contribution in [0.3, 0.4) is 0 Å². The van der Waals surface area contributed by atoms with Crippen LogP contribution in [0.5, 0.6) is 5.75 Å². The number of nitrogens with zero attached hydrogens (tertiary/aromatic N) is 1. The fourth-order valence-corrected chi connectivity index (χ4v) is 3.18. The van der Waals surface area contributed by atoms with Gasteiger partial charge in [0, 0.05) is 12.6 Å². The van der Waals surface area contributed by atoms with E-state index in [-0.39, 0.29) is 6.54 Å². The van der Waals surface area contributed by atoms with Crippen molar-refractivity contribution >= 4 is 21.6 Å². The Morgan fingerprint density at radius 3 is 2.37 bits per heavy atom. The Hall–Kier alpha value is -2.68. The Morgan fingerprint density at radius 1 is 1.15 bits per heavy atom. The molecule has 0 spiro atoms. The van der Waals surface area contributed by atoms with Gasteiger partial charge in [-0.15, -0.1) is 0 Å². The minimum Gasteiger partial charge on any atom is -0.494 e. The Bertz CT molecular complexity index is 902. The minimum absolute atomic E-state index is 0.161. The van der Waals surface area contributed by atoms with Gasteiger partial charge in [0.05, 0.1) is 18.6 Å². The largest absolute Gasteiger partial charge is 0.494 e. The first-order chi connectivity index (χ1) is 12.7. The van der Waals surface area contributed by atoms with Crippen molar-refractivity contribution in [2.24, 2.45) is 0 Å². The molecular weight excluding hydrogens is 378 g/mol. The summed E-state index contributed by atoms with van der Waals surface area (Å²) in [5, 5.41) is 2.57. The Kier molecular flexibility index (Phi) is 6.73. The van der Waals surface area contributed by atoms with Gasteiger partial charge in [0.2, 0.25) is 15.9 Å². The van der Waals surface area contributed by atoms with Crippen molar-refractivity contribution in [3.05, 3.63) is 59.7 Å². The number of hydrogen-bond donors (Lipinski definition) is 1. The highest BCUT2D eigenvalue weighted by atomic mass is 32.2. The minimum atomic E-state index is -3.95. The number of rotatable bonds is 8. The van der Waals surface area contributed by atoms with Gasteiger partial charge in [-0.2, -0.15) is 0 Å². The second kappa shape index (κ2) is 8.81. The molecule has 2 aromatic rings. The van der Waals surface area contributed by atoms with Crippen LogP contribution in [0.15, 0.2) is 42.5 Å². The van der Waals surface area contributed by atoms with Crippen LogP contribution < -0.4 is 14.4 Å². The standard InChI is InChI=1S/C18H20F2N2O4S/c1-3-26-15-7-4-13(5-8-15)11-21-18(23)12-22(27(2,24)25)17-9-6-14(19)10-16(17)20/h4-10H,3,11-12H2,1-2H3,(H,21,23). The van der Waals surface area contributed by atoms with E-state index in [1.54, 1.807) is 24.3 Å². The third-order valence-electron chi connectivity index (χ3n) is 3.59. The average molecular weight is 398 g/mol. The molecule has 27 heavy (non-hydrogen) atoms. The zero-order valence-electron chi connectivity index (χ0n) is 14.9. The van der Waals surface area contributed by atoms with E-state index in [2.05, 4.69) is 5.32 Å². The first-order valence-corrected chi connectivity index (χ1v) is 9.96. The number of hydrogen-bond acceptors (Lipinski definition) is 4. The molecule has 0 saturated heterocycles. The molecule has 2 aromatic carbocycles. The molecule has 0 heterocycles. The van der Waals surface area contributed by atoms with Gasteiger partial charge in [-0.05, 0) is 36.8 Å². The monoisotopic (exact) mass is 398 g/mol. The summed E-state index contributed by atoms with van der Waals surface area (Å²) in [6, 6.07) is 9.49. The van der Waals surface area contributed by atoms with Gasteiger partial charge in [-0.25, -0.2) is 17.2 Å². The molecule has 0 saturated carbocycles. The lowest BCUT2D eigenvalue weighted by Crippen LogP contribution is -2.40. The second-order valence-electron chi connectivity index (χ2n) is 5.72. The molecule has 0 unspecified atom stereocenters. The van der Waals surface area contributed by atoms with Crippen LogP contribution >= 0.6 is 0 Å². The zero-order chi connectivity index (χ0) is 20.0. The van der Waals surface area contributed by atoms with Crippen molar-refractivity contribution in [1.82, 2.24) is 5.32 Å². The molecule has 2 rings (SSSR count). The summed E-state index contributed by atoms with van der Waals surface area (Å²) in [5.41, 5.74) is 0.390. The lowest BCUT2D eigenvalue weighted by Gasteiger charge is -2.22. The molecule has 6 nitrogen and oxygen atoms in total. The van der Waals surface area contributed by atoms with Gasteiger partial charge in [0.1, 0.15) is 23.9 Å². The number of benzene rings is 2. The summed E-state index contributed by atoms with van der Waals surface area (Å²) in [7, 11) is -3.95. The highest BCUT2D eigenvalue weighted by molar-refractivity contribution is 7.92. The molecule has 9 heteroatoms. The Morgan fingerprint density at radius 2 is 1.81 bits per heavy atom. The third-order valence-corrected chi connectivity index (χ3v) is 4.72. The van der Waals surface area contributed by atoms with Crippen molar-refractivity contribution in [3.63, 3.8) is 0 Å². The van der Waals surface area contributed by atoms with E-state index < -0.39 is 39.8 Å². The predicted molar refractivity (Wildman–Crippen MR) is 98.0 cm³/mol. The number of amides is 1. The fraction of sp³-hybridized carbons (Fsp3) is 0.278. The van der Waals surface area contributed by atoms with Gasteiger partial charge in [-0.1, -0.05) is 12.1 Å². The molecule has 1 amide bonds. The molecule has 0 bridgehead atoms. The van der Waals surface area contributed by atoms with Gasteiger partial charge in [-0.3, -0.25) is 9.10 Å². The summed E-state index contributed by atoms with van der Waals surface area (Å²) >= 11 is 0. The van der Waals surface area contributed by atoms with E-state index >= 15 is 0 Å². The van der Waals surface area contributed by atoms with E-state index in [0.29, 0.717) is 22.7 Å². The summed E-state index contributed by atoms with van der Waals surface area (Å²) in [6.45, 7) is 1.94. The number of carbonyl (C=O) groups is 1. The molecule has 0 radical (unpaired) electrons. The van der Waals surface area contributed by atoms with E-state index in [9.17, 15) is 22.0 Å². The van der Waals surface area contributed by atoms with E-state index in [0.717, 1.165) is 24.0 Å². The van der Waals surface area contributed by atoms with Crippen molar-refractivity contribution in [2.75, 3.05) is 23.7 Å². The molecular formula is C18H20F2N2O4S. The first kappa shape index (κ1) is 20.6. The summed E-state index contributed by atoms with van der Waals surface area (Å²) in [4.78, 5) is 12.2. The smallest absolute Gasteiger partial charge is 0.241 e. The van der Waals surface area contributed by atoms with Gasteiger partial charge in [0.15, 0.2) is 0 Å². The molecule has 1 N–H and O–H groups in total. The lowest BCUT2D eigenvalue weighted by molar-refractivity contribution is -0.119. The molecule has 146 valence electrons. The summed E-state index contributed by atoms with van der Waals surface area (Å²) < 4.78 is 56.8. The summed E-state index contributed by atoms with van der Waals surface area (Å²) in [5.74, 6) is -1.84. The van der Waals surface area contributed by atoms with Crippen LogP contribution in [0.1, 0.15) is 12.5 Å². The van der Waals surface area contributed by atoms with Crippen LogP contribution in [0.4, 0.5) is 14.5 Å². The highest BCUT2D eigenvalue weighted by Gasteiger charge is 2.23. The maximum absolute atomic E-state index is 13.9. The van der Waals surface area contributed by atoms with Crippen molar-refractivity contribution in [1.29, 1.82) is 0 Å². The molecule has 0 aromatic heterocycles. The number of sulfonamides is 1. The third kappa shape index (κ3) is 5.92. The molecule has 0 aliphatic rings. The van der Waals surface area contributed by atoms with Crippen molar-refractivity contribution in [2.45, 2.75) is 13.5 Å². The van der Waals surface area contributed by atoms with Crippen LogP contribution in [0.2, 0.25) is 0 Å². The van der Waals surface area contributed by atoms with E-state index in [1.807, 2.05) is 6.92 Å². The van der Waals surface area contributed by atoms with Crippen LogP contribution in [-0.4, -0.2) is 33.7 Å². The predicted octanol–water partition coefficient (Wildman–Crippen LogP) is 2.45. The quantitative estimate of drug-likeness (QED) is 0.741. The first-order valence-electron chi connectivity index (χ1n) is 8.12. The number of ether oxygens (including phenoxy) is 1. The zero-order valence-corrected chi connectivity index (χ0v) is 15.7.